The molecule has 0 bridgehead atoms. The van der Waals surface area contributed by atoms with Gasteiger partial charge in [0.25, 0.3) is 0 Å². The van der Waals surface area contributed by atoms with Gasteiger partial charge in [-0.1, -0.05) is 23.2 Å². The highest BCUT2D eigenvalue weighted by Crippen LogP contribution is 2.53. The normalized spacial score (nSPS) is 12.3. The summed E-state index contributed by atoms with van der Waals surface area (Å²) in [5.41, 5.74) is 0. The van der Waals surface area contributed by atoms with Crippen LogP contribution in [0.1, 0.15) is 0 Å². The average molecular weight is 490 g/mol. The van der Waals surface area contributed by atoms with Gasteiger partial charge in [0.05, 0.1) is 14.5 Å². The number of fused-ring (bicyclic) bond motifs is 2. The average Bonchev–Trinajstić information content (AvgIpc) is 2.37. The van der Waals surface area contributed by atoms with Gasteiger partial charge in [0.15, 0.2) is 23.0 Å². The van der Waals surface area contributed by atoms with Crippen LogP contribution < -0.4 is 9.47 Å². The van der Waals surface area contributed by atoms with Crippen LogP contribution in [0.25, 0.3) is 0 Å². The Kier molecular flexibility index (Phi) is 3.77. The summed E-state index contributed by atoms with van der Waals surface area (Å²) in [5.74, 6) is 2.23. The highest BCUT2D eigenvalue weighted by Gasteiger charge is 2.25. The molecule has 1 aliphatic rings. The second kappa shape index (κ2) is 5.11. The molecule has 1 heterocycles. The fourth-order valence-electron chi connectivity index (χ4n) is 1.63. The Morgan fingerprint density at radius 1 is 0.789 bits per heavy atom. The first-order valence-electron chi connectivity index (χ1n) is 4.99. The van der Waals surface area contributed by atoms with Crippen LogP contribution in [0.5, 0.6) is 23.0 Å². The molecule has 19 heavy (non-hydrogen) atoms. The van der Waals surface area contributed by atoms with E-state index < -0.39 is 0 Å². The minimum absolute atomic E-state index is 0.522. The van der Waals surface area contributed by atoms with Crippen molar-refractivity contribution in [2.75, 3.05) is 0 Å². The summed E-state index contributed by atoms with van der Waals surface area (Å²) in [4.78, 5) is 0. The van der Waals surface area contributed by atoms with Gasteiger partial charge >= 0.3 is 0 Å². The molecule has 0 aromatic heterocycles. The van der Waals surface area contributed by atoms with Gasteiger partial charge in [0.1, 0.15) is 0 Å². The highest BCUT2D eigenvalue weighted by molar-refractivity contribution is 9.11. The lowest BCUT2D eigenvalue weighted by atomic mass is 10.2. The van der Waals surface area contributed by atoms with Crippen LogP contribution in [-0.2, 0) is 0 Å². The van der Waals surface area contributed by atoms with Crippen molar-refractivity contribution < 1.29 is 9.47 Å². The van der Waals surface area contributed by atoms with Crippen molar-refractivity contribution in [2.45, 2.75) is 0 Å². The third kappa shape index (κ3) is 2.40. The predicted molar refractivity (Wildman–Crippen MR) is 86.2 cm³/mol. The molecule has 0 saturated heterocycles. The quantitative estimate of drug-likeness (QED) is 0.311. The van der Waals surface area contributed by atoms with Crippen LogP contribution in [0, 0.1) is 0 Å². The third-order valence-electron chi connectivity index (χ3n) is 2.50. The molecular weight excluding hydrogens is 487 g/mol. The van der Waals surface area contributed by atoms with Gasteiger partial charge in [-0.3, -0.25) is 0 Å². The van der Waals surface area contributed by atoms with Crippen molar-refractivity contribution in [3.63, 3.8) is 0 Å². The first-order valence-corrected chi connectivity index (χ1v) is 8.13. The Balaban J connectivity index is 2.17. The van der Waals surface area contributed by atoms with Crippen LogP contribution in [0.2, 0.25) is 10.0 Å². The molecule has 0 radical (unpaired) electrons. The molecule has 2 aromatic rings. The van der Waals surface area contributed by atoms with Crippen LogP contribution in [0.15, 0.2) is 31.6 Å². The maximum absolute atomic E-state index is 6.14. The molecule has 2 nitrogen and oxygen atoms in total. The highest BCUT2D eigenvalue weighted by atomic mass is 79.9. The molecular formula is C12H3Br3Cl2O2. The topological polar surface area (TPSA) is 18.5 Å². The first-order chi connectivity index (χ1) is 8.97. The van der Waals surface area contributed by atoms with E-state index in [1.807, 2.05) is 0 Å². The van der Waals surface area contributed by atoms with E-state index in [1.165, 1.54) is 0 Å². The van der Waals surface area contributed by atoms with Gasteiger partial charge in [-0.15, -0.1) is 0 Å². The van der Waals surface area contributed by atoms with E-state index in [0.29, 0.717) is 37.5 Å². The van der Waals surface area contributed by atoms with Gasteiger partial charge in [-0.25, -0.2) is 0 Å². The lowest BCUT2D eigenvalue weighted by Gasteiger charge is -2.23. The number of benzene rings is 2. The molecule has 0 atom stereocenters. The number of rotatable bonds is 0. The maximum atomic E-state index is 6.14. The van der Waals surface area contributed by atoms with Crippen molar-refractivity contribution in [2.24, 2.45) is 0 Å². The summed E-state index contributed by atoms with van der Waals surface area (Å²) < 4.78 is 13.7. The van der Waals surface area contributed by atoms with Crippen LogP contribution >= 0.6 is 71.0 Å². The molecule has 3 rings (SSSR count). The van der Waals surface area contributed by atoms with Crippen molar-refractivity contribution in [1.29, 1.82) is 0 Å². The van der Waals surface area contributed by atoms with Crippen molar-refractivity contribution >= 4 is 71.0 Å². The molecule has 7 heteroatoms. The summed E-state index contributed by atoms with van der Waals surface area (Å²) in [7, 11) is 0. The monoisotopic (exact) mass is 486 g/mol. The first kappa shape index (κ1) is 14.0. The minimum Gasteiger partial charge on any atom is -0.449 e. The van der Waals surface area contributed by atoms with Crippen molar-refractivity contribution in [3.05, 3.63) is 41.7 Å². The van der Waals surface area contributed by atoms with E-state index in [0.717, 1.165) is 8.95 Å². The molecule has 0 N–H and O–H groups in total. The van der Waals surface area contributed by atoms with Gasteiger partial charge in [-0.05, 0) is 47.8 Å². The summed E-state index contributed by atoms with van der Waals surface area (Å²) in [6.07, 6.45) is 0. The predicted octanol–water partition coefficient (Wildman–Crippen LogP) is 7.18. The molecule has 0 fully saturated rings. The Bertz CT molecular complexity index is 704. The zero-order chi connectivity index (χ0) is 13.7. The summed E-state index contributed by atoms with van der Waals surface area (Å²) >= 11 is 22.3. The molecule has 0 aliphatic carbocycles. The molecule has 2 aromatic carbocycles. The molecule has 1 aliphatic heterocycles. The SMILES string of the molecule is Clc1cc2c(cc1Br)Oc1cc(Br)c(Cl)c(Br)c1O2. The molecule has 0 spiro atoms. The number of halogens is 5. The van der Waals surface area contributed by atoms with Crippen molar-refractivity contribution in [3.8, 4) is 23.0 Å². The standard InChI is InChI=1S/C12H3Br3Cl2O2/c13-4-1-7-8(3-6(4)16)19-12-9(18-7)2-5(14)11(17)10(12)15/h1-3H. The molecule has 98 valence electrons. The lowest BCUT2D eigenvalue weighted by Crippen LogP contribution is -2.00. The van der Waals surface area contributed by atoms with Gasteiger partial charge in [-0.2, -0.15) is 0 Å². The Morgan fingerprint density at radius 2 is 1.42 bits per heavy atom. The summed E-state index contributed by atoms with van der Waals surface area (Å²) in [6, 6.07) is 5.21. The maximum Gasteiger partial charge on any atom is 0.185 e. The van der Waals surface area contributed by atoms with E-state index in [4.69, 9.17) is 32.7 Å². The smallest absolute Gasteiger partial charge is 0.185 e. The van der Waals surface area contributed by atoms with Crippen LogP contribution in [0.3, 0.4) is 0 Å². The molecule has 0 unspecified atom stereocenters. The van der Waals surface area contributed by atoms with E-state index >= 15 is 0 Å². The second-order valence-electron chi connectivity index (χ2n) is 3.73. The Morgan fingerprint density at radius 3 is 2.16 bits per heavy atom. The summed E-state index contributed by atoms with van der Waals surface area (Å²) in [6.45, 7) is 0. The molecule has 0 saturated carbocycles. The van der Waals surface area contributed by atoms with E-state index in [1.54, 1.807) is 18.2 Å². The number of hydrogen-bond donors (Lipinski definition) is 0. The zero-order valence-corrected chi connectivity index (χ0v) is 15.2. The second-order valence-corrected chi connectivity index (χ2v) is 7.02. The number of hydrogen-bond acceptors (Lipinski definition) is 2. The fraction of sp³-hybridized carbons (Fsp3) is 0. The van der Waals surface area contributed by atoms with Gasteiger partial charge < -0.3 is 9.47 Å². The number of ether oxygens (including phenoxy) is 2. The van der Waals surface area contributed by atoms with Crippen LogP contribution in [0.4, 0.5) is 0 Å². The Labute approximate surface area is 144 Å². The lowest BCUT2D eigenvalue weighted by molar-refractivity contribution is 0.357. The van der Waals surface area contributed by atoms with E-state index in [-0.39, 0.29) is 0 Å². The Hall–Kier alpha value is 0.0600. The summed E-state index contributed by atoms with van der Waals surface area (Å²) in [5, 5.41) is 1.07. The fourth-order valence-corrected chi connectivity index (χ4v) is 3.40. The third-order valence-corrected chi connectivity index (χ3v) is 5.93. The molecule has 0 amide bonds. The van der Waals surface area contributed by atoms with E-state index in [2.05, 4.69) is 47.8 Å². The largest absolute Gasteiger partial charge is 0.449 e. The van der Waals surface area contributed by atoms with Crippen molar-refractivity contribution in [1.82, 2.24) is 0 Å². The van der Waals surface area contributed by atoms with E-state index in [9.17, 15) is 0 Å². The van der Waals surface area contributed by atoms with Crippen LogP contribution in [-0.4, -0.2) is 0 Å². The van der Waals surface area contributed by atoms with Gasteiger partial charge in [0, 0.05) is 27.1 Å². The van der Waals surface area contributed by atoms with Gasteiger partial charge in [0.2, 0.25) is 0 Å². The minimum atomic E-state index is 0.522. The zero-order valence-electron chi connectivity index (χ0n) is 8.94.